The molecule has 4 heterocycles. The molecule has 0 spiro atoms. The van der Waals surface area contributed by atoms with Crippen molar-refractivity contribution in [3.05, 3.63) is 166 Å². The molecular weight excluding hydrogens is 1360 g/mol. The number of imide groups is 2. The Hall–Kier alpha value is -10.5. The minimum absolute atomic E-state index is 0.0103. The topological polar surface area (TPSA) is 260 Å². The second kappa shape index (κ2) is 31.7. The Labute approximate surface area is 613 Å². The number of hydrogen-bond acceptors (Lipinski definition) is 20. The quantitative estimate of drug-likeness (QED) is 0.00690. The molecule has 4 atom stereocenters. The normalized spacial score (nSPS) is 15.9. The lowest BCUT2D eigenvalue weighted by atomic mass is 9.80. The van der Waals surface area contributed by atoms with Crippen LogP contribution in [0.15, 0.2) is 121 Å². The lowest BCUT2D eigenvalue weighted by molar-refractivity contribution is -0.154. The third-order valence-corrected chi connectivity index (χ3v) is 19.4. The molecule has 9 aromatic carbocycles. The van der Waals surface area contributed by atoms with Crippen LogP contribution in [0.2, 0.25) is 0 Å². The maximum absolute atomic E-state index is 16.4. The van der Waals surface area contributed by atoms with Crippen molar-refractivity contribution >= 4 is 90.6 Å². The number of epoxide rings is 2. The van der Waals surface area contributed by atoms with Crippen LogP contribution in [0.25, 0.3) is 43.1 Å². The SMILES string of the molecule is CCOCCC(C(=O)OCCC(=O)OCC1CO1)N1C(=O)c2cc(Oc3cccc(C(C)C)c3)c3c4c(Oc5cccc(C(C)C)c5)cc5c6c(cc(Oc7cccc(C(C)C)c7)c(c7c(Oc8cccc(C(C)C)c8)cc(c2c37)C1=O)c64)C(=O)N(C(CCOCC)C(=O)OCCC(=O)OCC1CO1)C5=O. The van der Waals surface area contributed by atoms with Gasteiger partial charge in [0.25, 0.3) is 23.6 Å². The molecule has 0 bridgehead atoms. The summed E-state index contributed by atoms with van der Waals surface area (Å²) < 4.78 is 73.5. The van der Waals surface area contributed by atoms with Gasteiger partial charge in [0, 0.05) is 82.4 Å². The van der Waals surface area contributed by atoms with Crippen LogP contribution in [0, 0.1) is 0 Å². The molecule has 4 aliphatic heterocycles. The largest absolute Gasteiger partial charge is 0.464 e. The first-order valence-corrected chi connectivity index (χ1v) is 36.4. The summed E-state index contributed by atoms with van der Waals surface area (Å²) >= 11 is 0. The number of nitrogens with zero attached hydrogens (tertiary/aromatic N) is 2. The second-order valence-electron chi connectivity index (χ2n) is 28.1. The smallest absolute Gasteiger partial charge is 0.329 e. The Balaban J connectivity index is 1.13. The van der Waals surface area contributed by atoms with Crippen LogP contribution in [0.5, 0.6) is 46.0 Å². The molecule has 0 N–H and O–H groups in total. The van der Waals surface area contributed by atoms with E-state index in [-0.39, 0.29) is 190 Å². The monoisotopic (exact) mass is 1440 g/mol. The van der Waals surface area contributed by atoms with Crippen molar-refractivity contribution < 1.29 is 95.2 Å². The van der Waals surface area contributed by atoms with Crippen molar-refractivity contribution in [2.45, 2.75) is 143 Å². The molecule has 0 aromatic heterocycles. The van der Waals surface area contributed by atoms with Gasteiger partial charge >= 0.3 is 23.9 Å². The van der Waals surface area contributed by atoms with Crippen LogP contribution in [0.4, 0.5) is 0 Å². The van der Waals surface area contributed by atoms with E-state index in [9.17, 15) is 19.2 Å². The van der Waals surface area contributed by atoms with Gasteiger partial charge in [-0.1, -0.05) is 104 Å². The summed E-state index contributed by atoms with van der Waals surface area (Å²) in [6, 6.07) is 32.7. The average molecular weight is 1440 g/mol. The first-order valence-electron chi connectivity index (χ1n) is 36.4. The van der Waals surface area contributed by atoms with Crippen molar-refractivity contribution in [2.75, 3.05) is 66.1 Å². The molecule has 2 fully saturated rings. The molecule has 0 aliphatic carbocycles. The first kappa shape index (κ1) is 73.8. The third-order valence-electron chi connectivity index (χ3n) is 19.4. The van der Waals surface area contributed by atoms with E-state index in [1.54, 1.807) is 38.1 Å². The Bertz CT molecular complexity index is 4370. The molecule has 0 radical (unpaired) electrons. The highest BCUT2D eigenvalue weighted by Gasteiger charge is 2.47. The van der Waals surface area contributed by atoms with E-state index in [1.807, 2.05) is 128 Å². The molecule has 2 saturated heterocycles. The highest BCUT2D eigenvalue weighted by molar-refractivity contribution is 6.45. The van der Waals surface area contributed by atoms with Crippen LogP contribution in [0.3, 0.4) is 0 Å². The number of esters is 4. The van der Waals surface area contributed by atoms with Gasteiger partial charge in [-0.15, -0.1) is 0 Å². The number of rotatable bonds is 34. The first-order chi connectivity index (χ1) is 51.1. The minimum atomic E-state index is -1.62. The van der Waals surface area contributed by atoms with Gasteiger partial charge in [0.15, 0.2) is 0 Å². The van der Waals surface area contributed by atoms with Crippen molar-refractivity contribution in [3.8, 4) is 46.0 Å². The molecule has 4 unspecified atom stereocenters. The molecular formula is C84H86N2O20. The van der Waals surface area contributed by atoms with Gasteiger partial charge < -0.3 is 56.8 Å². The summed E-state index contributed by atoms with van der Waals surface area (Å²) in [4.78, 5) is 123. The molecule has 4 aliphatic rings. The Morgan fingerprint density at radius 2 is 0.670 bits per heavy atom. The minimum Gasteiger partial charge on any atom is -0.464 e. The molecule has 106 heavy (non-hydrogen) atoms. The summed E-state index contributed by atoms with van der Waals surface area (Å²) in [6.45, 7) is 20.2. The van der Waals surface area contributed by atoms with E-state index >= 15 is 19.2 Å². The number of ether oxygens (including phenoxy) is 12. The van der Waals surface area contributed by atoms with Gasteiger partial charge in [-0.05, 0) is 133 Å². The van der Waals surface area contributed by atoms with Crippen molar-refractivity contribution in [3.63, 3.8) is 0 Å². The van der Waals surface area contributed by atoms with Gasteiger partial charge in [-0.25, -0.2) is 9.59 Å². The van der Waals surface area contributed by atoms with Gasteiger partial charge in [-0.3, -0.25) is 38.6 Å². The third kappa shape index (κ3) is 15.4. The summed E-state index contributed by atoms with van der Waals surface area (Å²) in [5.41, 5.74) is 3.28. The van der Waals surface area contributed by atoms with E-state index < -0.39 is 72.8 Å². The Kier molecular flexibility index (Phi) is 22.0. The predicted molar refractivity (Wildman–Crippen MR) is 393 cm³/mol. The van der Waals surface area contributed by atoms with E-state index in [0.29, 0.717) is 36.2 Å². The fourth-order valence-corrected chi connectivity index (χ4v) is 13.6. The zero-order valence-corrected chi connectivity index (χ0v) is 61.1. The number of hydrogen-bond donors (Lipinski definition) is 0. The lowest BCUT2D eigenvalue weighted by Crippen LogP contribution is -2.51. The standard InChI is InChI=1S/C84H86N2O20/c1-11-95-29-25-63(83(93)97-31-27-69(87)101-43-57-41-99-57)85-79(89)59-37-65(103-53-21-13-17-49(33-53)45(3)4)73-75-67(105-55-23-15-19-51(35-55)47(7)8)39-61-72-62(82(92)86(81(61)91)64(26-30-96-12-2)84(94)98-32-28-70(88)102-44-58-42-100-58)40-68(106-56-24-16-20-52(36-56)48(9)10)76(78(72)75)74-66(38-60(80(85)90)71(59)77(73)74)104-54-22-14-18-50(34-54)46(5)6/h13-24,33-40,45-48,57-58,63-64H,11-12,25-32,41-44H2,1-10H3. The van der Waals surface area contributed by atoms with E-state index in [0.717, 1.165) is 32.1 Å². The zero-order valence-electron chi connectivity index (χ0n) is 61.1. The summed E-state index contributed by atoms with van der Waals surface area (Å²) in [7, 11) is 0. The molecule has 552 valence electrons. The lowest BCUT2D eigenvalue weighted by Gasteiger charge is -2.35. The number of amides is 4. The van der Waals surface area contributed by atoms with E-state index in [2.05, 4.69) is 0 Å². The van der Waals surface area contributed by atoms with Crippen LogP contribution in [0.1, 0.15) is 182 Å². The maximum Gasteiger partial charge on any atom is 0.329 e. The van der Waals surface area contributed by atoms with Crippen LogP contribution in [-0.2, 0) is 57.1 Å². The summed E-state index contributed by atoms with van der Waals surface area (Å²) in [6.07, 6.45) is -1.49. The molecule has 0 saturated carbocycles. The van der Waals surface area contributed by atoms with Crippen molar-refractivity contribution in [1.82, 2.24) is 9.80 Å². The van der Waals surface area contributed by atoms with Crippen molar-refractivity contribution in [2.24, 2.45) is 0 Å². The zero-order chi connectivity index (χ0) is 74.8. The van der Waals surface area contributed by atoms with Gasteiger partial charge in [-0.2, -0.15) is 0 Å². The molecule has 9 aromatic rings. The fraction of sp³-hybridized carbons (Fsp3) is 0.381. The van der Waals surface area contributed by atoms with Gasteiger partial charge in [0.05, 0.1) is 48.3 Å². The number of benzene rings is 9. The highest BCUT2D eigenvalue weighted by atomic mass is 16.6. The van der Waals surface area contributed by atoms with Crippen molar-refractivity contribution in [1.29, 1.82) is 0 Å². The number of carbonyl (C=O) groups is 8. The fourth-order valence-electron chi connectivity index (χ4n) is 13.6. The average Bonchev–Trinajstić information content (AvgIpc) is 1.10. The number of fused-ring (bicyclic) bond motifs is 2. The van der Waals surface area contributed by atoms with Gasteiger partial charge in [0.1, 0.15) is 96.7 Å². The Morgan fingerprint density at radius 1 is 0.387 bits per heavy atom. The summed E-state index contributed by atoms with van der Waals surface area (Å²) in [5, 5.41) is 1.60. The molecule has 13 rings (SSSR count). The summed E-state index contributed by atoms with van der Waals surface area (Å²) in [5.74, 6) is -5.43. The van der Waals surface area contributed by atoms with Crippen LogP contribution in [-0.4, -0.2) is 148 Å². The molecule has 4 amide bonds. The van der Waals surface area contributed by atoms with Crippen LogP contribution < -0.4 is 18.9 Å². The maximum atomic E-state index is 16.4. The molecule has 22 heteroatoms. The van der Waals surface area contributed by atoms with Gasteiger partial charge in [0.2, 0.25) is 0 Å². The van der Waals surface area contributed by atoms with Crippen LogP contribution >= 0.6 is 0 Å². The number of carbonyl (C=O) groups excluding carboxylic acids is 8. The highest BCUT2D eigenvalue weighted by Crippen LogP contribution is 2.58. The van der Waals surface area contributed by atoms with E-state index in [1.165, 1.54) is 24.3 Å². The second-order valence-corrected chi connectivity index (χ2v) is 28.1. The van der Waals surface area contributed by atoms with E-state index in [4.69, 9.17) is 56.8 Å². The Morgan fingerprint density at radius 3 is 0.925 bits per heavy atom. The molecule has 22 nitrogen and oxygen atoms in total. The predicted octanol–water partition coefficient (Wildman–Crippen LogP) is 15.9.